The lowest BCUT2D eigenvalue weighted by Gasteiger charge is -2.07. The third kappa shape index (κ3) is 5.10. The Morgan fingerprint density at radius 1 is 1.34 bits per heavy atom. The van der Waals surface area contributed by atoms with Gasteiger partial charge in [0.15, 0.2) is 9.47 Å². The van der Waals surface area contributed by atoms with E-state index in [-0.39, 0.29) is 28.2 Å². The molecule has 4 rings (SSSR count). The van der Waals surface area contributed by atoms with Gasteiger partial charge in [-0.3, -0.25) is 19.9 Å². The molecule has 0 aliphatic heterocycles. The predicted molar refractivity (Wildman–Crippen MR) is 128 cm³/mol. The van der Waals surface area contributed by atoms with Crippen LogP contribution in [0.4, 0.5) is 16.5 Å². The van der Waals surface area contributed by atoms with Gasteiger partial charge < -0.3 is 10.4 Å². The minimum absolute atomic E-state index is 0.0954. The molecule has 1 amide bonds. The maximum atomic E-state index is 12.3. The summed E-state index contributed by atoms with van der Waals surface area (Å²) >= 11 is 4.16. The number of rotatable bonds is 7. The number of carbonyl (C=O) groups excluding carboxylic acids is 1. The quantitative estimate of drug-likeness (QED) is 0.158. The largest absolute Gasteiger partial charge is 0.507 e. The number of nitro benzene ring substituents is 1. The fourth-order valence-electron chi connectivity index (χ4n) is 2.62. The Balaban J connectivity index is 1.48. The van der Waals surface area contributed by atoms with Gasteiger partial charge >= 0.3 is 0 Å². The van der Waals surface area contributed by atoms with Crippen molar-refractivity contribution in [2.45, 2.75) is 16.5 Å². The van der Waals surface area contributed by atoms with Crippen LogP contribution in [0.5, 0.6) is 5.75 Å². The Morgan fingerprint density at radius 2 is 2.19 bits per heavy atom. The monoisotopic (exact) mass is 485 g/mol. The van der Waals surface area contributed by atoms with Crippen LogP contribution < -0.4 is 5.32 Å². The third-order valence-electron chi connectivity index (χ3n) is 4.24. The number of aromatic hydroxyl groups is 1. The number of thioether (sulfide) groups is 1. The van der Waals surface area contributed by atoms with Crippen molar-refractivity contribution in [3.05, 3.63) is 63.7 Å². The molecule has 2 aromatic carbocycles. The van der Waals surface area contributed by atoms with Crippen molar-refractivity contribution in [3.8, 4) is 5.75 Å². The fraction of sp³-hybridized carbons (Fsp3) is 0.100. The number of phenolic OH excluding ortho intramolecular Hbond substituents is 1. The van der Waals surface area contributed by atoms with Crippen molar-refractivity contribution in [1.29, 1.82) is 0 Å². The van der Waals surface area contributed by atoms with Gasteiger partial charge in [-0.05, 0) is 31.2 Å². The molecule has 2 N–H and O–H groups in total. The number of non-ortho nitro benzene ring substituents is 1. The number of fused-ring (bicyclic) bond motifs is 1. The molecule has 0 saturated carbocycles. The number of thiazole rings is 2. The van der Waals surface area contributed by atoms with E-state index in [4.69, 9.17) is 0 Å². The molecule has 0 aliphatic rings. The summed E-state index contributed by atoms with van der Waals surface area (Å²) in [6.45, 7) is 1.81. The first-order valence-corrected chi connectivity index (χ1v) is 11.8. The first-order valence-electron chi connectivity index (χ1n) is 9.18. The number of carbonyl (C=O) groups is 1. The summed E-state index contributed by atoms with van der Waals surface area (Å²) in [5.41, 5.74) is 1.51. The molecular weight excluding hydrogens is 470 g/mol. The average Bonchev–Trinajstić information content (AvgIpc) is 3.41. The van der Waals surface area contributed by atoms with Crippen LogP contribution in [0.2, 0.25) is 0 Å². The summed E-state index contributed by atoms with van der Waals surface area (Å²) in [4.78, 5) is 35.7. The van der Waals surface area contributed by atoms with Gasteiger partial charge in [0.1, 0.15) is 5.75 Å². The highest BCUT2D eigenvalue weighted by atomic mass is 32.2. The number of amides is 1. The number of aromatic nitrogens is 2. The molecule has 0 bridgehead atoms. The van der Waals surface area contributed by atoms with Gasteiger partial charge in [0.25, 0.3) is 5.69 Å². The highest BCUT2D eigenvalue weighted by Gasteiger charge is 2.18. The van der Waals surface area contributed by atoms with Crippen LogP contribution in [0.25, 0.3) is 10.2 Å². The zero-order chi connectivity index (χ0) is 22.7. The van der Waals surface area contributed by atoms with E-state index < -0.39 is 4.92 Å². The molecule has 0 unspecified atom stereocenters. The Labute approximate surface area is 194 Å². The lowest BCUT2D eigenvalue weighted by molar-refractivity contribution is -0.384. The summed E-state index contributed by atoms with van der Waals surface area (Å²) in [6.07, 6.45) is 3.01. The van der Waals surface area contributed by atoms with Crippen molar-refractivity contribution in [2.24, 2.45) is 4.99 Å². The zero-order valence-corrected chi connectivity index (χ0v) is 18.9. The van der Waals surface area contributed by atoms with Crippen LogP contribution in [0.1, 0.15) is 12.5 Å². The highest BCUT2D eigenvalue weighted by Crippen LogP contribution is 2.34. The van der Waals surface area contributed by atoms with Gasteiger partial charge in [-0.25, -0.2) is 9.97 Å². The number of aliphatic imine (C=N–C) groups is 1. The van der Waals surface area contributed by atoms with E-state index in [0.717, 1.165) is 14.6 Å². The lowest BCUT2D eigenvalue weighted by Crippen LogP contribution is -2.22. The van der Waals surface area contributed by atoms with Crippen LogP contribution in [-0.2, 0) is 4.79 Å². The van der Waals surface area contributed by atoms with Crippen molar-refractivity contribution in [1.82, 2.24) is 9.97 Å². The van der Waals surface area contributed by atoms with Crippen molar-refractivity contribution in [3.63, 3.8) is 0 Å². The van der Waals surface area contributed by atoms with Crippen LogP contribution in [0, 0.1) is 10.1 Å². The zero-order valence-electron chi connectivity index (χ0n) is 16.5. The number of hydrogen-bond donors (Lipinski definition) is 2. The molecule has 0 radical (unpaired) electrons. The van der Waals surface area contributed by atoms with Crippen LogP contribution >= 0.6 is 34.4 Å². The highest BCUT2D eigenvalue weighted by molar-refractivity contribution is 8.02. The molecule has 9 nitrogen and oxygen atoms in total. The molecular formula is C20H15N5O4S3. The van der Waals surface area contributed by atoms with Gasteiger partial charge in [0, 0.05) is 35.5 Å². The number of hydrogen-bond acceptors (Lipinski definition) is 10. The number of nitrogens with zero attached hydrogens (tertiary/aromatic N) is 4. The van der Waals surface area contributed by atoms with Gasteiger partial charge in [-0.2, -0.15) is 0 Å². The van der Waals surface area contributed by atoms with E-state index in [1.807, 2.05) is 12.1 Å². The molecule has 32 heavy (non-hydrogen) atoms. The SMILES string of the molecule is C[C@H](Sc1nc2ccc(N=Cc3cc([N+](=O)[O-])ccc3O)cc2s1)C(=O)Nc1nccs1. The van der Waals surface area contributed by atoms with E-state index in [9.17, 15) is 20.0 Å². The average molecular weight is 486 g/mol. The number of anilines is 1. The van der Waals surface area contributed by atoms with Gasteiger partial charge in [-0.1, -0.05) is 11.8 Å². The van der Waals surface area contributed by atoms with Gasteiger partial charge in [-0.15, -0.1) is 22.7 Å². The molecule has 4 aromatic rings. The second-order valence-corrected chi connectivity index (χ2v) is 9.99. The molecule has 0 fully saturated rings. The van der Waals surface area contributed by atoms with Gasteiger partial charge in [0.2, 0.25) is 5.91 Å². The van der Waals surface area contributed by atoms with E-state index in [1.54, 1.807) is 24.6 Å². The summed E-state index contributed by atoms with van der Waals surface area (Å²) < 4.78 is 1.64. The Hall–Kier alpha value is -3.35. The number of nitro groups is 1. The van der Waals surface area contributed by atoms with E-state index in [1.165, 1.54) is 58.8 Å². The summed E-state index contributed by atoms with van der Waals surface area (Å²) in [5, 5.41) is 25.6. The Bertz CT molecular complexity index is 1320. The van der Waals surface area contributed by atoms with Crippen molar-refractivity contribution < 1.29 is 14.8 Å². The second kappa shape index (κ2) is 9.42. The number of benzene rings is 2. The van der Waals surface area contributed by atoms with Gasteiger partial charge in [0.05, 0.1) is 26.1 Å². The van der Waals surface area contributed by atoms with Crippen molar-refractivity contribution in [2.75, 3.05) is 5.32 Å². The minimum atomic E-state index is -0.530. The second-order valence-electron chi connectivity index (χ2n) is 6.48. The smallest absolute Gasteiger partial charge is 0.270 e. The maximum Gasteiger partial charge on any atom is 0.270 e. The first kappa shape index (κ1) is 21.9. The molecule has 0 aliphatic carbocycles. The standard InChI is InChI=1S/C20H15N5O4S3/c1-11(18(27)24-19-21-6-7-30-19)31-20-23-15-4-2-13(9-17(15)32-20)22-10-12-8-14(25(28)29)3-5-16(12)26/h2-11,26H,1H3,(H,21,24,27)/t11-/m0/s1. The molecule has 2 aromatic heterocycles. The summed E-state index contributed by atoms with van der Waals surface area (Å²) in [7, 11) is 0. The maximum absolute atomic E-state index is 12.3. The lowest BCUT2D eigenvalue weighted by atomic mass is 10.2. The number of nitrogens with one attached hydrogen (secondary N) is 1. The topological polar surface area (TPSA) is 131 Å². The third-order valence-corrected chi connectivity index (χ3v) is 7.14. The van der Waals surface area contributed by atoms with E-state index in [2.05, 4.69) is 20.3 Å². The summed E-state index contributed by atoms with van der Waals surface area (Å²) in [6, 6.07) is 9.17. The Morgan fingerprint density at radius 3 is 2.94 bits per heavy atom. The molecule has 12 heteroatoms. The van der Waals surface area contributed by atoms with E-state index in [0.29, 0.717) is 10.8 Å². The molecule has 0 saturated heterocycles. The minimum Gasteiger partial charge on any atom is -0.507 e. The predicted octanol–water partition coefficient (Wildman–Crippen LogP) is 5.24. The normalized spacial score (nSPS) is 12.3. The van der Waals surface area contributed by atoms with Crippen LogP contribution in [0.15, 0.2) is 57.3 Å². The van der Waals surface area contributed by atoms with Crippen molar-refractivity contribution >= 4 is 73.3 Å². The number of phenols is 1. The molecule has 2 heterocycles. The Kier molecular flexibility index (Phi) is 6.44. The molecule has 162 valence electrons. The fourth-order valence-corrected chi connectivity index (χ4v) is 5.40. The van der Waals surface area contributed by atoms with E-state index >= 15 is 0 Å². The molecule has 1 atom stereocenters. The first-order chi connectivity index (χ1) is 15.4. The van der Waals surface area contributed by atoms with Crippen LogP contribution in [0.3, 0.4) is 0 Å². The van der Waals surface area contributed by atoms with Crippen LogP contribution in [-0.4, -0.2) is 37.4 Å². The molecule has 0 spiro atoms. The summed E-state index contributed by atoms with van der Waals surface area (Å²) in [5.74, 6) is -0.242.